The molecule has 1 aliphatic rings. The van der Waals surface area contributed by atoms with Gasteiger partial charge in [-0.05, 0) is 18.9 Å². The molecule has 0 aliphatic carbocycles. The van der Waals surface area contributed by atoms with Crippen molar-refractivity contribution in [3.8, 4) is 0 Å². The molecule has 6 heteroatoms. The predicted octanol–water partition coefficient (Wildman–Crippen LogP) is 2.16. The molecular weight excluding hydrogens is 266 g/mol. The first-order valence-corrected chi connectivity index (χ1v) is 6.94. The predicted molar refractivity (Wildman–Crippen MR) is 74.3 cm³/mol. The summed E-state index contributed by atoms with van der Waals surface area (Å²) < 4.78 is 1.98. The van der Waals surface area contributed by atoms with E-state index in [4.69, 9.17) is 11.6 Å². The maximum atomic E-state index is 12.2. The number of fused-ring (bicyclic) bond motifs is 1. The smallest absolute Gasteiger partial charge is 0.255 e. The number of hydrogen-bond donors (Lipinski definition) is 1. The molecule has 1 N–H and O–H groups in total. The summed E-state index contributed by atoms with van der Waals surface area (Å²) in [5, 5.41) is 12.5. The highest BCUT2D eigenvalue weighted by molar-refractivity contribution is 6.17. The zero-order valence-corrected chi connectivity index (χ0v) is 11.7. The maximum Gasteiger partial charge on any atom is 0.255 e. The van der Waals surface area contributed by atoms with Crippen molar-refractivity contribution < 1.29 is 10.0 Å². The van der Waals surface area contributed by atoms with Crippen LogP contribution in [-0.2, 0) is 6.54 Å². The van der Waals surface area contributed by atoms with E-state index >= 15 is 0 Å². The molecule has 0 saturated heterocycles. The third-order valence-electron chi connectivity index (χ3n) is 3.40. The number of nitrogens with zero attached hydrogens (tertiary/aromatic N) is 3. The van der Waals surface area contributed by atoms with Gasteiger partial charge < -0.3 is 14.7 Å². The van der Waals surface area contributed by atoms with Gasteiger partial charge in [-0.2, -0.15) is 0 Å². The lowest BCUT2D eigenvalue weighted by Crippen LogP contribution is -2.26. The third kappa shape index (κ3) is 2.76. The number of carbonyl (C=O) groups excluding carboxylic acids is 1. The molecule has 0 radical (unpaired) electrons. The number of carbonyl (C=O) groups is 1. The minimum absolute atomic E-state index is 0.0234. The Hall–Kier alpha value is -1.49. The molecule has 1 aromatic heterocycles. The van der Waals surface area contributed by atoms with E-state index in [0.29, 0.717) is 30.1 Å². The zero-order valence-electron chi connectivity index (χ0n) is 11.0. The van der Waals surface area contributed by atoms with Crippen molar-refractivity contribution in [1.82, 2.24) is 9.47 Å². The van der Waals surface area contributed by atoms with Gasteiger partial charge in [-0.1, -0.05) is 5.16 Å². The molecule has 5 nitrogen and oxygen atoms in total. The van der Waals surface area contributed by atoms with Gasteiger partial charge in [0.15, 0.2) is 0 Å². The Bertz CT molecular complexity index is 496. The topological polar surface area (TPSA) is 57.8 Å². The summed E-state index contributed by atoms with van der Waals surface area (Å²) in [7, 11) is 1.76. The molecule has 104 valence electrons. The van der Waals surface area contributed by atoms with E-state index in [1.165, 1.54) is 0 Å². The summed E-state index contributed by atoms with van der Waals surface area (Å²) in [6.45, 7) is 1.34. The van der Waals surface area contributed by atoms with Crippen molar-refractivity contribution in [2.24, 2.45) is 5.16 Å². The second-order valence-corrected chi connectivity index (χ2v) is 5.07. The van der Waals surface area contributed by atoms with Crippen LogP contribution in [0.4, 0.5) is 0 Å². The van der Waals surface area contributed by atoms with Crippen molar-refractivity contribution in [2.45, 2.75) is 25.8 Å². The highest BCUT2D eigenvalue weighted by Crippen LogP contribution is 2.20. The van der Waals surface area contributed by atoms with Crippen LogP contribution in [0.15, 0.2) is 17.4 Å². The monoisotopic (exact) mass is 283 g/mol. The van der Waals surface area contributed by atoms with Crippen molar-refractivity contribution in [2.75, 3.05) is 19.5 Å². The van der Waals surface area contributed by atoms with Gasteiger partial charge in [0.05, 0.1) is 11.3 Å². The van der Waals surface area contributed by atoms with E-state index in [2.05, 4.69) is 5.16 Å². The van der Waals surface area contributed by atoms with Gasteiger partial charge in [-0.3, -0.25) is 4.79 Å². The van der Waals surface area contributed by atoms with E-state index in [9.17, 15) is 10.0 Å². The molecule has 1 amide bonds. The van der Waals surface area contributed by atoms with Crippen LogP contribution >= 0.6 is 11.6 Å². The summed E-state index contributed by atoms with van der Waals surface area (Å²) in [5.74, 6) is 0.608. The number of amides is 1. The van der Waals surface area contributed by atoms with Crippen LogP contribution in [0.5, 0.6) is 0 Å². The van der Waals surface area contributed by atoms with Crippen LogP contribution in [0.2, 0.25) is 0 Å². The summed E-state index contributed by atoms with van der Waals surface area (Å²) in [5.41, 5.74) is 1.92. The van der Waals surface area contributed by atoms with Crippen molar-refractivity contribution >= 4 is 23.2 Å². The average molecular weight is 284 g/mol. The van der Waals surface area contributed by atoms with Crippen molar-refractivity contribution in [3.05, 3.63) is 23.5 Å². The molecule has 2 heterocycles. The van der Waals surface area contributed by atoms with Crippen LogP contribution < -0.4 is 0 Å². The lowest BCUT2D eigenvalue weighted by atomic mass is 10.1. The van der Waals surface area contributed by atoms with Crippen molar-refractivity contribution in [3.63, 3.8) is 0 Å². The number of unbranched alkanes of at least 4 members (excludes halogenated alkanes) is 1. The largest absolute Gasteiger partial charge is 0.411 e. The zero-order chi connectivity index (χ0) is 13.8. The Balaban J connectivity index is 2.35. The first kappa shape index (κ1) is 13.9. The fraction of sp³-hybridized carbons (Fsp3) is 0.538. The van der Waals surface area contributed by atoms with Crippen LogP contribution in [-0.4, -0.2) is 45.8 Å². The normalized spacial score (nSPS) is 17.7. The van der Waals surface area contributed by atoms with Crippen LogP contribution in [0.25, 0.3) is 0 Å². The summed E-state index contributed by atoms with van der Waals surface area (Å²) in [4.78, 5) is 13.8. The number of oxime groups is 1. The second kappa shape index (κ2) is 6.10. The lowest BCUT2D eigenvalue weighted by molar-refractivity contribution is 0.0801. The standard InChI is InChI=1S/C13H18ClN3O2/c1-16-8-5-11(15-19)12-10(13(16)18)4-9-17(12)7-3-2-6-14/h4,9,19H,2-3,5-8H2,1H3. The molecule has 0 fully saturated rings. The minimum Gasteiger partial charge on any atom is -0.411 e. The third-order valence-corrected chi connectivity index (χ3v) is 3.67. The van der Waals surface area contributed by atoms with Crippen molar-refractivity contribution in [1.29, 1.82) is 0 Å². The fourth-order valence-corrected chi connectivity index (χ4v) is 2.51. The average Bonchev–Trinajstić information content (AvgIpc) is 2.78. The summed E-state index contributed by atoms with van der Waals surface area (Å²) in [6, 6.07) is 1.80. The number of alkyl halides is 1. The molecule has 0 bridgehead atoms. The van der Waals surface area contributed by atoms with Gasteiger partial charge in [-0.25, -0.2) is 0 Å². The molecule has 1 aromatic rings. The first-order valence-electron chi connectivity index (χ1n) is 6.41. The Morgan fingerprint density at radius 2 is 2.26 bits per heavy atom. The van der Waals surface area contributed by atoms with Gasteiger partial charge in [-0.15, -0.1) is 11.6 Å². The van der Waals surface area contributed by atoms with E-state index in [1.807, 2.05) is 10.8 Å². The number of halogens is 1. The first-order chi connectivity index (χ1) is 9.19. The number of hydrogen-bond acceptors (Lipinski definition) is 3. The summed E-state index contributed by atoms with van der Waals surface area (Å²) in [6.07, 6.45) is 4.30. The highest BCUT2D eigenvalue weighted by Gasteiger charge is 2.26. The van der Waals surface area contributed by atoms with Gasteiger partial charge in [0.1, 0.15) is 5.71 Å². The highest BCUT2D eigenvalue weighted by atomic mass is 35.5. The van der Waals surface area contributed by atoms with Crippen LogP contribution in [0, 0.1) is 0 Å². The molecule has 19 heavy (non-hydrogen) atoms. The van der Waals surface area contributed by atoms with Gasteiger partial charge in [0.25, 0.3) is 5.91 Å². The van der Waals surface area contributed by atoms with Gasteiger partial charge in [0.2, 0.25) is 0 Å². The number of aryl methyl sites for hydroxylation is 1. The maximum absolute atomic E-state index is 12.2. The molecule has 0 saturated carbocycles. The lowest BCUT2D eigenvalue weighted by Gasteiger charge is -2.12. The fourth-order valence-electron chi connectivity index (χ4n) is 2.33. The Labute approximate surface area is 117 Å². The Kier molecular flexibility index (Phi) is 4.47. The molecule has 0 spiro atoms. The van der Waals surface area contributed by atoms with E-state index in [1.54, 1.807) is 18.0 Å². The van der Waals surface area contributed by atoms with E-state index < -0.39 is 0 Å². The Morgan fingerprint density at radius 3 is 2.95 bits per heavy atom. The SMILES string of the molecule is CN1CCC(=NO)c2c(ccn2CCCCCl)C1=O. The molecule has 2 rings (SSSR count). The number of rotatable bonds is 4. The molecule has 1 aliphatic heterocycles. The second-order valence-electron chi connectivity index (χ2n) is 4.69. The molecule has 0 unspecified atom stereocenters. The van der Waals surface area contributed by atoms with Crippen LogP contribution in [0.1, 0.15) is 35.3 Å². The molecule has 0 atom stereocenters. The summed E-state index contributed by atoms with van der Waals surface area (Å²) >= 11 is 5.68. The van der Waals surface area contributed by atoms with Gasteiger partial charge >= 0.3 is 0 Å². The number of aromatic nitrogens is 1. The molecule has 0 aromatic carbocycles. The van der Waals surface area contributed by atoms with Crippen LogP contribution in [0.3, 0.4) is 0 Å². The molecular formula is C13H18ClN3O2. The quantitative estimate of drug-likeness (QED) is 0.398. The van der Waals surface area contributed by atoms with E-state index in [0.717, 1.165) is 25.1 Å². The van der Waals surface area contributed by atoms with Gasteiger partial charge in [0, 0.05) is 38.6 Å². The Morgan fingerprint density at radius 1 is 1.47 bits per heavy atom. The van der Waals surface area contributed by atoms with E-state index in [-0.39, 0.29) is 5.91 Å². The minimum atomic E-state index is -0.0234.